The van der Waals surface area contributed by atoms with Crippen molar-refractivity contribution in [3.05, 3.63) is 24.1 Å². The zero-order valence-electron chi connectivity index (χ0n) is 4.70. The Labute approximate surface area is 51.9 Å². The Morgan fingerprint density at radius 1 is 1.56 bits per heavy atom. The highest BCUT2D eigenvalue weighted by atomic mass is 16.6. The zero-order valence-corrected chi connectivity index (χ0v) is 4.70. The van der Waals surface area contributed by atoms with Crippen LogP contribution in [0.5, 0.6) is 5.95 Å². The van der Waals surface area contributed by atoms with Crippen LogP contribution in [-0.4, -0.2) is 5.16 Å². The molecule has 1 aliphatic rings. The van der Waals surface area contributed by atoms with Gasteiger partial charge in [-0.15, -0.1) is 0 Å². The molecular weight excluding hydrogens is 118 g/mol. The first-order chi connectivity index (χ1) is 4.47. The third kappa shape index (κ3) is 0.614. The second-order valence-electron chi connectivity index (χ2n) is 1.83. The van der Waals surface area contributed by atoms with E-state index in [1.165, 1.54) is 0 Å². The van der Waals surface area contributed by atoms with Crippen molar-refractivity contribution in [2.24, 2.45) is 0 Å². The van der Waals surface area contributed by atoms with Crippen molar-refractivity contribution in [2.45, 2.75) is 6.42 Å². The molecular formula is C6H5NO2. The molecule has 0 N–H and O–H groups in total. The molecule has 0 amide bonds. The van der Waals surface area contributed by atoms with Gasteiger partial charge in [-0.25, -0.2) is 0 Å². The van der Waals surface area contributed by atoms with Crippen LogP contribution in [0.15, 0.2) is 23.1 Å². The van der Waals surface area contributed by atoms with Crippen molar-refractivity contribution >= 4 is 0 Å². The minimum Gasteiger partial charge on any atom is -0.433 e. The van der Waals surface area contributed by atoms with Crippen molar-refractivity contribution < 1.29 is 9.26 Å². The Kier molecular flexibility index (Phi) is 0.828. The number of allylic oxidation sites excluding steroid dienone is 1. The Hall–Kier alpha value is -1.25. The molecule has 0 saturated carbocycles. The number of rotatable bonds is 0. The van der Waals surface area contributed by atoms with Gasteiger partial charge in [0, 0.05) is 6.42 Å². The third-order valence-electron chi connectivity index (χ3n) is 1.22. The average molecular weight is 123 g/mol. The van der Waals surface area contributed by atoms with Gasteiger partial charge in [0.15, 0.2) is 0 Å². The van der Waals surface area contributed by atoms with E-state index in [1.807, 2.05) is 6.08 Å². The van der Waals surface area contributed by atoms with E-state index in [-0.39, 0.29) is 0 Å². The zero-order chi connectivity index (χ0) is 6.10. The maximum absolute atomic E-state index is 4.95. The number of ether oxygens (including phenoxy) is 1. The van der Waals surface area contributed by atoms with Crippen LogP contribution in [0.4, 0.5) is 0 Å². The van der Waals surface area contributed by atoms with Crippen LogP contribution in [0.3, 0.4) is 0 Å². The molecule has 3 heteroatoms. The van der Waals surface area contributed by atoms with E-state index in [9.17, 15) is 0 Å². The maximum atomic E-state index is 4.95. The summed E-state index contributed by atoms with van der Waals surface area (Å²) in [6.07, 6.45) is 6.05. The largest absolute Gasteiger partial charge is 0.433 e. The summed E-state index contributed by atoms with van der Waals surface area (Å²) in [5.74, 6) is 0.525. The molecule has 0 unspecified atom stereocenters. The molecule has 0 spiro atoms. The highest BCUT2D eigenvalue weighted by molar-refractivity contribution is 5.25. The van der Waals surface area contributed by atoms with Gasteiger partial charge in [-0.1, -0.05) is 5.16 Å². The van der Waals surface area contributed by atoms with E-state index in [2.05, 4.69) is 5.16 Å². The monoisotopic (exact) mass is 123 g/mol. The summed E-state index contributed by atoms with van der Waals surface area (Å²) in [6.45, 7) is 0. The summed E-state index contributed by atoms with van der Waals surface area (Å²) in [5, 5.41) is 3.56. The first kappa shape index (κ1) is 4.61. The Morgan fingerprint density at radius 2 is 2.56 bits per heavy atom. The molecule has 0 bridgehead atoms. The van der Waals surface area contributed by atoms with Crippen molar-refractivity contribution in [1.29, 1.82) is 0 Å². The normalized spacial score (nSPS) is 14.7. The number of aromatic nitrogens is 1. The standard InChI is InChI=1S/C6H5NO2/c1-2-5-4-7-9-6(5)8-3-1/h1,3-4H,2H2. The van der Waals surface area contributed by atoms with E-state index >= 15 is 0 Å². The molecule has 1 aliphatic heterocycles. The first-order valence-corrected chi connectivity index (χ1v) is 2.72. The lowest BCUT2D eigenvalue weighted by atomic mass is 10.2. The second-order valence-corrected chi connectivity index (χ2v) is 1.83. The van der Waals surface area contributed by atoms with Crippen LogP contribution >= 0.6 is 0 Å². The fraction of sp³-hybridized carbons (Fsp3) is 0.167. The van der Waals surface area contributed by atoms with Gasteiger partial charge in [-0.3, -0.25) is 0 Å². The van der Waals surface area contributed by atoms with Crippen molar-refractivity contribution in [3.8, 4) is 5.95 Å². The van der Waals surface area contributed by atoms with Crippen LogP contribution < -0.4 is 4.74 Å². The summed E-state index contributed by atoms with van der Waals surface area (Å²) >= 11 is 0. The molecule has 46 valence electrons. The molecule has 0 aliphatic carbocycles. The molecule has 2 heterocycles. The van der Waals surface area contributed by atoms with Gasteiger partial charge in [0.05, 0.1) is 18.0 Å². The Bertz CT molecular complexity index is 216. The summed E-state index contributed by atoms with van der Waals surface area (Å²) in [5.41, 5.74) is 1.01. The number of hydrogen-bond donors (Lipinski definition) is 0. The topological polar surface area (TPSA) is 35.3 Å². The van der Waals surface area contributed by atoms with Crippen molar-refractivity contribution in [2.75, 3.05) is 0 Å². The van der Waals surface area contributed by atoms with Gasteiger partial charge in [0.2, 0.25) is 0 Å². The molecule has 9 heavy (non-hydrogen) atoms. The van der Waals surface area contributed by atoms with Crippen molar-refractivity contribution in [3.63, 3.8) is 0 Å². The highest BCUT2D eigenvalue weighted by Gasteiger charge is 2.09. The lowest BCUT2D eigenvalue weighted by Crippen LogP contribution is -1.90. The van der Waals surface area contributed by atoms with Gasteiger partial charge in [-0.2, -0.15) is 0 Å². The van der Waals surface area contributed by atoms with E-state index in [0.29, 0.717) is 5.95 Å². The van der Waals surface area contributed by atoms with E-state index in [4.69, 9.17) is 9.26 Å². The highest BCUT2D eigenvalue weighted by Crippen LogP contribution is 2.21. The predicted molar refractivity (Wildman–Crippen MR) is 30.0 cm³/mol. The fourth-order valence-corrected chi connectivity index (χ4v) is 0.767. The second kappa shape index (κ2) is 1.62. The van der Waals surface area contributed by atoms with Gasteiger partial charge >= 0.3 is 5.95 Å². The van der Waals surface area contributed by atoms with Gasteiger partial charge in [0.1, 0.15) is 0 Å². The molecule has 0 saturated heterocycles. The third-order valence-corrected chi connectivity index (χ3v) is 1.22. The molecule has 0 aromatic carbocycles. The average Bonchev–Trinajstić information content (AvgIpc) is 2.33. The van der Waals surface area contributed by atoms with E-state index < -0.39 is 0 Å². The Morgan fingerprint density at radius 3 is 3.44 bits per heavy atom. The number of fused-ring (bicyclic) bond motifs is 1. The van der Waals surface area contributed by atoms with E-state index in [1.54, 1.807) is 12.5 Å². The lowest BCUT2D eigenvalue weighted by Gasteiger charge is -2.00. The van der Waals surface area contributed by atoms with Crippen LogP contribution in [0.1, 0.15) is 5.56 Å². The Balaban J connectivity index is 2.46. The first-order valence-electron chi connectivity index (χ1n) is 2.72. The lowest BCUT2D eigenvalue weighted by molar-refractivity contribution is 0.282. The van der Waals surface area contributed by atoms with Crippen LogP contribution in [-0.2, 0) is 6.42 Å². The number of hydrogen-bond acceptors (Lipinski definition) is 3. The summed E-state index contributed by atoms with van der Waals surface area (Å²) in [7, 11) is 0. The van der Waals surface area contributed by atoms with Crippen LogP contribution in [0.25, 0.3) is 0 Å². The number of nitrogens with zero attached hydrogens (tertiary/aromatic N) is 1. The van der Waals surface area contributed by atoms with E-state index in [0.717, 1.165) is 12.0 Å². The molecule has 0 radical (unpaired) electrons. The van der Waals surface area contributed by atoms with Gasteiger partial charge < -0.3 is 9.26 Å². The molecule has 1 aromatic heterocycles. The summed E-state index contributed by atoms with van der Waals surface area (Å²) in [4.78, 5) is 0. The molecule has 2 rings (SSSR count). The molecule has 0 fully saturated rings. The maximum Gasteiger partial charge on any atom is 0.319 e. The smallest absolute Gasteiger partial charge is 0.319 e. The fourth-order valence-electron chi connectivity index (χ4n) is 0.767. The quantitative estimate of drug-likeness (QED) is 0.518. The minimum atomic E-state index is 0.525. The van der Waals surface area contributed by atoms with Crippen LogP contribution in [0, 0.1) is 0 Å². The molecule has 3 nitrogen and oxygen atoms in total. The summed E-state index contributed by atoms with van der Waals surface area (Å²) < 4.78 is 9.69. The molecule has 1 aromatic rings. The summed E-state index contributed by atoms with van der Waals surface area (Å²) in [6, 6.07) is 0. The van der Waals surface area contributed by atoms with Crippen LogP contribution in [0.2, 0.25) is 0 Å². The van der Waals surface area contributed by atoms with Gasteiger partial charge in [-0.05, 0) is 6.08 Å². The SMILES string of the molecule is C1=COc2oncc2C1. The van der Waals surface area contributed by atoms with Gasteiger partial charge in [0.25, 0.3) is 0 Å². The van der Waals surface area contributed by atoms with Crippen molar-refractivity contribution in [1.82, 2.24) is 5.16 Å². The molecule has 0 atom stereocenters. The predicted octanol–water partition coefficient (Wildman–Crippen LogP) is 1.12. The minimum absolute atomic E-state index is 0.525.